The third-order valence-corrected chi connectivity index (χ3v) is 5.08. The second-order valence-corrected chi connectivity index (χ2v) is 7.19. The fourth-order valence-electron chi connectivity index (χ4n) is 2.33. The topological polar surface area (TPSA) is 68.0 Å². The van der Waals surface area contributed by atoms with Crippen LogP contribution in [0.5, 0.6) is 0 Å². The van der Waals surface area contributed by atoms with Crippen LogP contribution in [0.25, 0.3) is 11.5 Å². The van der Waals surface area contributed by atoms with Crippen molar-refractivity contribution in [1.29, 1.82) is 0 Å². The number of hydrogen-bond acceptors (Lipinski definition) is 5. The number of amides is 1. The molecule has 0 saturated heterocycles. The lowest BCUT2D eigenvalue weighted by Gasteiger charge is -2.15. The Balaban J connectivity index is 1.57. The minimum atomic E-state index is -0.196. The average molecular weight is 408 g/mol. The zero-order chi connectivity index (χ0) is 18.5. The number of carbonyl (C=O) groups is 1. The van der Waals surface area contributed by atoms with E-state index in [0.29, 0.717) is 26.7 Å². The molecule has 2 aromatic carbocycles. The Bertz CT molecular complexity index is 917. The summed E-state index contributed by atoms with van der Waals surface area (Å²) in [5.41, 5.74) is 1.52. The van der Waals surface area contributed by atoms with Crippen molar-refractivity contribution in [2.75, 3.05) is 5.75 Å². The van der Waals surface area contributed by atoms with Gasteiger partial charge in [-0.05, 0) is 30.7 Å². The molecule has 3 aromatic rings. The first-order chi connectivity index (χ1) is 12.5. The van der Waals surface area contributed by atoms with Gasteiger partial charge in [0, 0.05) is 5.02 Å². The SMILES string of the molecule is CC(NC(=O)CSc1nnc(-c2ccccc2Cl)o1)c1ccccc1Cl. The molecule has 1 aromatic heterocycles. The fraction of sp³-hybridized carbons (Fsp3) is 0.167. The van der Waals surface area contributed by atoms with E-state index in [2.05, 4.69) is 15.5 Å². The van der Waals surface area contributed by atoms with Crippen molar-refractivity contribution in [2.45, 2.75) is 18.2 Å². The van der Waals surface area contributed by atoms with Crippen LogP contribution in [0.3, 0.4) is 0 Å². The van der Waals surface area contributed by atoms with Crippen molar-refractivity contribution in [3.63, 3.8) is 0 Å². The maximum atomic E-state index is 12.2. The first-order valence-corrected chi connectivity index (χ1v) is 9.53. The Kier molecular flexibility index (Phi) is 6.19. The Morgan fingerprint density at radius 3 is 2.54 bits per heavy atom. The van der Waals surface area contributed by atoms with Gasteiger partial charge in [-0.2, -0.15) is 0 Å². The maximum absolute atomic E-state index is 12.2. The number of benzene rings is 2. The summed E-state index contributed by atoms with van der Waals surface area (Å²) in [5, 5.41) is 12.3. The molecule has 0 saturated carbocycles. The first-order valence-electron chi connectivity index (χ1n) is 7.79. The van der Waals surface area contributed by atoms with Gasteiger partial charge in [-0.25, -0.2) is 0 Å². The molecule has 1 atom stereocenters. The molecule has 0 radical (unpaired) electrons. The lowest BCUT2D eigenvalue weighted by molar-refractivity contribution is -0.119. The van der Waals surface area contributed by atoms with Crippen LogP contribution in [0.2, 0.25) is 10.0 Å². The first kappa shape index (κ1) is 18.8. The van der Waals surface area contributed by atoms with Gasteiger partial charge in [-0.15, -0.1) is 10.2 Å². The van der Waals surface area contributed by atoms with E-state index in [4.69, 9.17) is 27.6 Å². The molecule has 0 bridgehead atoms. The molecule has 0 aliphatic carbocycles. The summed E-state index contributed by atoms with van der Waals surface area (Å²) in [4.78, 5) is 12.2. The van der Waals surface area contributed by atoms with Crippen molar-refractivity contribution in [2.24, 2.45) is 0 Å². The molecule has 1 heterocycles. The van der Waals surface area contributed by atoms with Gasteiger partial charge in [0.05, 0.1) is 22.4 Å². The molecule has 26 heavy (non-hydrogen) atoms. The zero-order valence-electron chi connectivity index (χ0n) is 13.8. The van der Waals surface area contributed by atoms with Gasteiger partial charge in [0.15, 0.2) is 0 Å². The highest BCUT2D eigenvalue weighted by molar-refractivity contribution is 7.99. The van der Waals surface area contributed by atoms with Crippen LogP contribution in [-0.2, 0) is 4.79 Å². The smallest absolute Gasteiger partial charge is 0.277 e. The number of nitrogens with one attached hydrogen (secondary N) is 1. The minimum absolute atomic E-state index is 0.152. The normalized spacial score (nSPS) is 12.0. The van der Waals surface area contributed by atoms with Crippen molar-refractivity contribution in [3.8, 4) is 11.5 Å². The lowest BCUT2D eigenvalue weighted by Crippen LogP contribution is -2.28. The number of halogens is 2. The molecule has 0 aliphatic heterocycles. The van der Waals surface area contributed by atoms with Gasteiger partial charge in [0.25, 0.3) is 5.22 Å². The monoisotopic (exact) mass is 407 g/mol. The third kappa shape index (κ3) is 4.58. The van der Waals surface area contributed by atoms with E-state index in [-0.39, 0.29) is 17.7 Å². The molecule has 0 spiro atoms. The molecular weight excluding hydrogens is 393 g/mol. The number of hydrogen-bond donors (Lipinski definition) is 1. The molecule has 3 rings (SSSR count). The summed E-state index contributed by atoms with van der Waals surface area (Å²) in [6.45, 7) is 1.88. The summed E-state index contributed by atoms with van der Waals surface area (Å²) in [6.07, 6.45) is 0. The number of thioether (sulfide) groups is 1. The van der Waals surface area contributed by atoms with Gasteiger partial charge in [0.2, 0.25) is 11.8 Å². The van der Waals surface area contributed by atoms with E-state index in [9.17, 15) is 4.79 Å². The summed E-state index contributed by atoms with van der Waals surface area (Å²) in [5.74, 6) is 0.321. The Labute approximate surface area is 165 Å². The summed E-state index contributed by atoms with van der Waals surface area (Å²) in [6, 6.07) is 14.4. The molecule has 134 valence electrons. The van der Waals surface area contributed by atoms with Gasteiger partial charge < -0.3 is 9.73 Å². The highest BCUT2D eigenvalue weighted by atomic mass is 35.5. The van der Waals surface area contributed by atoms with E-state index in [0.717, 1.165) is 17.3 Å². The Morgan fingerprint density at radius 1 is 1.12 bits per heavy atom. The van der Waals surface area contributed by atoms with Crippen molar-refractivity contribution in [1.82, 2.24) is 15.5 Å². The molecule has 5 nitrogen and oxygen atoms in total. The van der Waals surface area contributed by atoms with E-state index < -0.39 is 0 Å². The lowest BCUT2D eigenvalue weighted by atomic mass is 10.1. The number of aromatic nitrogens is 2. The average Bonchev–Trinajstić information content (AvgIpc) is 3.09. The maximum Gasteiger partial charge on any atom is 0.277 e. The third-order valence-electron chi connectivity index (χ3n) is 3.59. The van der Waals surface area contributed by atoms with E-state index >= 15 is 0 Å². The summed E-state index contributed by atoms with van der Waals surface area (Å²) < 4.78 is 5.56. The van der Waals surface area contributed by atoms with Gasteiger partial charge in [0.1, 0.15) is 0 Å². The largest absolute Gasteiger partial charge is 0.411 e. The molecule has 1 unspecified atom stereocenters. The second kappa shape index (κ2) is 8.58. The Morgan fingerprint density at radius 2 is 1.81 bits per heavy atom. The molecular formula is C18H15Cl2N3O2S. The minimum Gasteiger partial charge on any atom is -0.411 e. The Hall–Kier alpha value is -2.02. The molecule has 1 amide bonds. The highest BCUT2D eigenvalue weighted by Crippen LogP contribution is 2.28. The van der Waals surface area contributed by atoms with Crippen molar-refractivity contribution < 1.29 is 9.21 Å². The van der Waals surface area contributed by atoms with E-state index in [1.54, 1.807) is 18.2 Å². The predicted molar refractivity (Wildman–Crippen MR) is 103 cm³/mol. The highest BCUT2D eigenvalue weighted by Gasteiger charge is 2.15. The second-order valence-electron chi connectivity index (χ2n) is 5.45. The quantitative estimate of drug-likeness (QED) is 0.581. The summed E-state index contributed by atoms with van der Waals surface area (Å²) in [7, 11) is 0. The number of rotatable bonds is 6. The van der Waals surface area contributed by atoms with Crippen molar-refractivity contribution >= 4 is 40.9 Å². The van der Waals surface area contributed by atoms with Gasteiger partial charge >= 0.3 is 0 Å². The van der Waals surface area contributed by atoms with Crippen LogP contribution in [0.15, 0.2) is 58.2 Å². The standard InChI is InChI=1S/C18H15Cl2N3O2S/c1-11(12-6-2-4-8-14(12)19)21-16(24)10-26-18-23-22-17(25-18)13-7-3-5-9-15(13)20/h2-9,11H,10H2,1H3,(H,21,24). The molecule has 0 aliphatic rings. The van der Waals surface area contributed by atoms with Gasteiger partial charge in [-0.1, -0.05) is 65.3 Å². The zero-order valence-corrected chi connectivity index (χ0v) is 16.1. The number of nitrogens with zero attached hydrogens (tertiary/aromatic N) is 2. The number of carbonyl (C=O) groups excluding carboxylic acids is 1. The van der Waals surface area contributed by atoms with Crippen LogP contribution in [0.1, 0.15) is 18.5 Å². The fourth-order valence-corrected chi connectivity index (χ4v) is 3.42. The van der Waals surface area contributed by atoms with Crippen LogP contribution >= 0.6 is 35.0 Å². The molecule has 8 heteroatoms. The molecule has 0 fully saturated rings. The van der Waals surface area contributed by atoms with Crippen LogP contribution in [0.4, 0.5) is 0 Å². The summed E-state index contributed by atoms with van der Waals surface area (Å²) >= 11 is 13.4. The predicted octanol–water partition coefficient (Wildman–Crippen LogP) is 5.01. The molecule has 1 N–H and O–H groups in total. The van der Waals surface area contributed by atoms with Crippen LogP contribution in [-0.4, -0.2) is 21.9 Å². The van der Waals surface area contributed by atoms with Gasteiger partial charge in [-0.3, -0.25) is 4.79 Å². The van der Waals surface area contributed by atoms with E-state index in [1.165, 1.54) is 0 Å². The van der Waals surface area contributed by atoms with Crippen LogP contribution < -0.4 is 5.32 Å². The van der Waals surface area contributed by atoms with Crippen LogP contribution in [0, 0.1) is 0 Å². The van der Waals surface area contributed by atoms with Crippen molar-refractivity contribution in [3.05, 3.63) is 64.1 Å². The van der Waals surface area contributed by atoms with E-state index in [1.807, 2.05) is 37.3 Å².